The molecule has 0 N–H and O–H groups in total. The van der Waals surface area contributed by atoms with Gasteiger partial charge in [0.05, 0.1) is 28.6 Å². The summed E-state index contributed by atoms with van der Waals surface area (Å²) in [4.78, 5) is 11.7. The molecule has 114 valence electrons. The summed E-state index contributed by atoms with van der Waals surface area (Å²) in [5, 5.41) is 4.71. The second-order valence-electron chi connectivity index (χ2n) is 5.06. The third-order valence-electron chi connectivity index (χ3n) is 3.40. The van der Waals surface area contributed by atoms with E-state index in [0.29, 0.717) is 17.3 Å². The molecule has 1 aromatic rings. The van der Waals surface area contributed by atoms with Gasteiger partial charge >= 0.3 is 0 Å². The molecule has 1 aliphatic rings. The van der Waals surface area contributed by atoms with Crippen LogP contribution in [0.15, 0.2) is 22.3 Å². The van der Waals surface area contributed by atoms with Crippen molar-refractivity contribution >= 4 is 40.9 Å². The summed E-state index contributed by atoms with van der Waals surface area (Å²) in [6.45, 7) is 4.98. The van der Waals surface area contributed by atoms with Gasteiger partial charge in [0.15, 0.2) is 0 Å². The molecular formula is C15H19Cl2N3O. The van der Waals surface area contributed by atoms with Crippen LogP contribution in [0.2, 0.25) is 5.02 Å². The van der Waals surface area contributed by atoms with E-state index >= 15 is 0 Å². The lowest BCUT2D eigenvalue weighted by Crippen LogP contribution is -2.14. The Balaban J connectivity index is 2.24. The average molecular weight is 328 g/mol. The highest BCUT2D eigenvalue weighted by molar-refractivity contribution is 6.33. The van der Waals surface area contributed by atoms with Gasteiger partial charge in [-0.15, -0.1) is 11.6 Å². The average Bonchev–Trinajstić information content (AvgIpc) is 2.96. The molecule has 1 aromatic carbocycles. The van der Waals surface area contributed by atoms with E-state index < -0.39 is 0 Å². The van der Waals surface area contributed by atoms with E-state index in [9.17, 15) is 0 Å². The quantitative estimate of drug-likeness (QED) is 0.465. The van der Waals surface area contributed by atoms with Crippen molar-refractivity contribution in [3.8, 4) is 0 Å². The monoisotopic (exact) mass is 327 g/mol. The molecule has 1 unspecified atom stereocenters. The summed E-state index contributed by atoms with van der Waals surface area (Å²) in [6.07, 6.45) is 2.44. The molecule has 0 fully saturated rings. The summed E-state index contributed by atoms with van der Waals surface area (Å²) >= 11 is 12.1. The first-order chi connectivity index (χ1) is 10.0. The number of nitrogens with zero attached hydrogens (tertiary/aromatic N) is 3. The normalized spacial score (nSPS) is 18.0. The molecule has 1 heterocycles. The van der Waals surface area contributed by atoms with Crippen molar-refractivity contribution < 1.29 is 4.84 Å². The topological polar surface area (TPSA) is 37.2 Å². The molecular weight excluding hydrogens is 309 g/mol. The Morgan fingerprint density at radius 1 is 1.52 bits per heavy atom. The second-order valence-corrected chi connectivity index (χ2v) is 5.78. The van der Waals surface area contributed by atoms with E-state index in [0.717, 1.165) is 29.1 Å². The van der Waals surface area contributed by atoms with E-state index in [2.05, 4.69) is 17.1 Å². The van der Waals surface area contributed by atoms with Crippen molar-refractivity contribution in [2.75, 3.05) is 19.5 Å². The fourth-order valence-corrected chi connectivity index (χ4v) is 2.37. The molecule has 1 aliphatic heterocycles. The lowest BCUT2D eigenvalue weighted by Gasteiger charge is -2.10. The number of halogens is 2. The standard InChI is InChI=1S/C15H19Cl2N3O/c1-4-20(3)9-18-15-5-10(2)12(7-13(15)17)14-6-11(8-16)21-19-14/h5,7,9,11H,4,6,8H2,1-3H3. The summed E-state index contributed by atoms with van der Waals surface area (Å²) in [5.41, 5.74) is 3.71. The van der Waals surface area contributed by atoms with Crippen LogP contribution < -0.4 is 0 Å². The zero-order chi connectivity index (χ0) is 15.4. The molecule has 1 atom stereocenters. The first-order valence-electron chi connectivity index (χ1n) is 6.88. The van der Waals surface area contributed by atoms with Crippen molar-refractivity contribution in [2.24, 2.45) is 10.1 Å². The van der Waals surface area contributed by atoms with Crippen molar-refractivity contribution in [1.29, 1.82) is 0 Å². The number of hydrogen-bond donors (Lipinski definition) is 0. The summed E-state index contributed by atoms with van der Waals surface area (Å²) in [6, 6.07) is 3.86. The van der Waals surface area contributed by atoms with Crippen molar-refractivity contribution in [2.45, 2.75) is 26.4 Å². The minimum Gasteiger partial charge on any atom is -0.391 e. The van der Waals surface area contributed by atoms with Crippen molar-refractivity contribution in [3.05, 3.63) is 28.3 Å². The van der Waals surface area contributed by atoms with Crippen LogP contribution in [0.3, 0.4) is 0 Å². The maximum absolute atomic E-state index is 6.32. The van der Waals surface area contributed by atoms with Crippen LogP contribution in [0.5, 0.6) is 0 Å². The molecule has 0 amide bonds. The molecule has 6 heteroatoms. The minimum atomic E-state index is -0.0456. The van der Waals surface area contributed by atoms with E-state index in [4.69, 9.17) is 28.0 Å². The van der Waals surface area contributed by atoms with E-state index in [1.165, 1.54) is 0 Å². The molecule has 0 bridgehead atoms. The Kier molecular flexibility index (Phi) is 5.48. The van der Waals surface area contributed by atoms with Crippen LogP contribution >= 0.6 is 23.2 Å². The van der Waals surface area contributed by atoms with Crippen molar-refractivity contribution in [3.63, 3.8) is 0 Å². The summed E-state index contributed by atoms with van der Waals surface area (Å²) < 4.78 is 0. The molecule has 0 saturated carbocycles. The maximum atomic E-state index is 6.32. The highest BCUT2D eigenvalue weighted by atomic mass is 35.5. The Hall–Kier alpha value is -1.26. The molecule has 4 nitrogen and oxygen atoms in total. The molecule has 2 rings (SSSR count). The predicted octanol–water partition coefficient (Wildman–Crippen LogP) is 3.99. The number of aryl methyl sites for hydroxylation is 1. The SMILES string of the molecule is CCN(C)C=Nc1cc(C)c(C2=NOC(CCl)C2)cc1Cl. The molecule has 0 aromatic heterocycles. The summed E-state index contributed by atoms with van der Waals surface area (Å²) in [7, 11) is 1.97. The van der Waals surface area contributed by atoms with Crippen LogP contribution in [0.25, 0.3) is 0 Å². The fraction of sp³-hybridized carbons (Fsp3) is 0.467. The smallest absolute Gasteiger partial charge is 0.146 e. The Bertz CT molecular complexity index is 572. The zero-order valence-corrected chi connectivity index (χ0v) is 13.9. The van der Waals surface area contributed by atoms with E-state index in [1.807, 2.05) is 31.0 Å². The predicted molar refractivity (Wildman–Crippen MR) is 89.4 cm³/mol. The van der Waals surface area contributed by atoms with Gasteiger partial charge < -0.3 is 9.74 Å². The van der Waals surface area contributed by atoms with Crippen LogP contribution in [-0.4, -0.2) is 42.5 Å². The number of rotatable bonds is 5. The number of oxime groups is 1. The van der Waals surface area contributed by atoms with Gasteiger partial charge in [-0.3, -0.25) is 0 Å². The first-order valence-corrected chi connectivity index (χ1v) is 7.80. The van der Waals surface area contributed by atoms with Gasteiger partial charge in [-0.05, 0) is 31.5 Å². The third-order valence-corrected chi connectivity index (χ3v) is 4.05. The molecule has 0 spiro atoms. The second kappa shape index (κ2) is 7.14. The Labute approximate surface area is 135 Å². The van der Waals surface area contributed by atoms with Crippen LogP contribution in [0.1, 0.15) is 24.5 Å². The summed E-state index contributed by atoms with van der Waals surface area (Å²) in [5.74, 6) is 0.436. The van der Waals surface area contributed by atoms with Gasteiger partial charge in [0.25, 0.3) is 0 Å². The Morgan fingerprint density at radius 2 is 2.29 bits per heavy atom. The largest absolute Gasteiger partial charge is 0.391 e. The molecule has 0 radical (unpaired) electrons. The van der Waals surface area contributed by atoms with E-state index in [-0.39, 0.29) is 6.10 Å². The lowest BCUT2D eigenvalue weighted by molar-refractivity contribution is 0.102. The van der Waals surface area contributed by atoms with Gasteiger partial charge in [-0.1, -0.05) is 16.8 Å². The van der Waals surface area contributed by atoms with Crippen LogP contribution in [-0.2, 0) is 4.84 Å². The molecule has 0 aliphatic carbocycles. The number of aliphatic imine (C=N–C) groups is 1. The minimum absolute atomic E-state index is 0.0456. The highest BCUT2D eigenvalue weighted by Gasteiger charge is 2.23. The lowest BCUT2D eigenvalue weighted by atomic mass is 10.00. The Morgan fingerprint density at radius 3 is 2.90 bits per heavy atom. The zero-order valence-electron chi connectivity index (χ0n) is 12.4. The maximum Gasteiger partial charge on any atom is 0.146 e. The van der Waals surface area contributed by atoms with Crippen LogP contribution in [0.4, 0.5) is 5.69 Å². The first kappa shape index (κ1) is 16.1. The van der Waals surface area contributed by atoms with Gasteiger partial charge in [0.2, 0.25) is 0 Å². The van der Waals surface area contributed by atoms with Gasteiger partial charge in [0, 0.05) is 25.6 Å². The van der Waals surface area contributed by atoms with E-state index in [1.54, 1.807) is 6.34 Å². The van der Waals surface area contributed by atoms with Crippen LogP contribution in [0, 0.1) is 6.92 Å². The van der Waals surface area contributed by atoms with Gasteiger partial charge in [-0.25, -0.2) is 4.99 Å². The molecule has 21 heavy (non-hydrogen) atoms. The number of benzene rings is 1. The van der Waals surface area contributed by atoms with Gasteiger partial charge in [-0.2, -0.15) is 0 Å². The third kappa shape index (κ3) is 3.89. The van der Waals surface area contributed by atoms with Crippen molar-refractivity contribution in [1.82, 2.24) is 4.90 Å². The molecule has 0 saturated heterocycles. The number of hydrogen-bond acceptors (Lipinski definition) is 3. The van der Waals surface area contributed by atoms with Gasteiger partial charge in [0.1, 0.15) is 6.10 Å². The highest BCUT2D eigenvalue weighted by Crippen LogP contribution is 2.30. The number of alkyl halides is 1. The fourth-order valence-electron chi connectivity index (χ4n) is 1.99.